The van der Waals surface area contributed by atoms with Crippen LogP contribution in [-0.2, 0) is 6.18 Å². The van der Waals surface area contributed by atoms with Gasteiger partial charge in [-0.15, -0.1) is 0 Å². The van der Waals surface area contributed by atoms with Crippen LogP contribution in [0.4, 0.5) is 17.6 Å². The molecule has 0 radical (unpaired) electrons. The first-order valence-electron chi connectivity index (χ1n) is 5.60. The van der Waals surface area contributed by atoms with Crippen molar-refractivity contribution >= 4 is 17.6 Å². The monoisotopic (exact) mass is 318 g/mol. The van der Waals surface area contributed by atoms with Crippen LogP contribution >= 0.6 is 11.6 Å². The van der Waals surface area contributed by atoms with Crippen LogP contribution in [0.2, 0.25) is 5.02 Å². The lowest BCUT2D eigenvalue weighted by atomic mass is 10.00. The number of carboxylic acids is 1. The molecule has 0 saturated heterocycles. The van der Waals surface area contributed by atoms with Crippen LogP contribution in [0.15, 0.2) is 36.4 Å². The molecular weight excluding hydrogens is 312 g/mol. The SMILES string of the molecule is O=C(O)c1ccc(Cl)c(-c2cccc(C(F)(F)F)c2F)c1. The maximum atomic E-state index is 14.0. The average Bonchev–Trinajstić information content (AvgIpc) is 2.38. The van der Waals surface area contributed by atoms with E-state index in [4.69, 9.17) is 16.7 Å². The lowest BCUT2D eigenvalue weighted by Crippen LogP contribution is -2.09. The van der Waals surface area contributed by atoms with Crippen molar-refractivity contribution in [2.45, 2.75) is 6.18 Å². The summed E-state index contributed by atoms with van der Waals surface area (Å²) in [4.78, 5) is 10.9. The lowest BCUT2D eigenvalue weighted by Gasteiger charge is -2.12. The van der Waals surface area contributed by atoms with Gasteiger partial charge in [-0.1, -0.05) is 23.7 Å². The molecule has 0 aromatic heterocycles. The van der Waals surface area contributed by atoms with Crippen LogP contribution in [0.5, 0.6) is 0 Å². The molecule has 110 valence electrons. The Balaban J connectivity index is 2.68. The third kappa shape index (κ3) is 3.00. The Kier molecular flexibility index (Phi) is 3.91. The number of hydrogen-bond donors (Lipinski definition) is 1. The van der Waals surface area contributed by atoms with Crippen LogP contribution in [0, 0.1) is 5.82 Å². The van der Waals surface area contributed by atoms with Crippen LogP contribution in [-0.4, -0.2) is 11.1 Å². The Morgan fingerprint density at radius 2 is 1.76 bits per heavy atom. The van der Waals surface area contributed by atoms with Crippen molar-refractivity contribution < 1.29 is 27.5 Å². The van der Waals surface area contributed by atoms with E-state index in [9.17, 15) is 22.4 Å². The summed E-state index contributed by atoms with van der Waals surface area (Å²) in [5, 5.41) is 8.84. The summed E-state index contributed by atoms with van der Waals surface area (Å²) in [7, 11) is 0. The third-order valence-electron chi connectivity index (χ3n) is 2.81. The minimum atomic E-state index is -4.85. The molecule has 2 nitrogen and oxygen atoms in total. The van der Waals surface area contributed by atoms with E-state index in [1.807, 2.05) is 0 Å². The Labute approximate surface area is 121 Å². The Bertz CT molecular complexity index is 711. The molecule has 0 fully saturated rings. The highest BCUT2D eigenvalue weighted by Gasteiger charge is 2.35. The molecule has 2 aromatic rings. The van der Waals surface area contributed by atoms with E-state index >= 15 is 0 Å². The van der Waals surface area contributed by atoms with E-state index in [-0.39, 0.29) is 16.1 Å². The van der Waals surface area contributed by atoms with Crippen molar-refractivity contribution in [2.24, 2.45) is 0 Å². The summed E-state index contributed by atoms with van der Waals surface area (Å²) in [5.41, 5.74) is -2.15. The first-order chi connectivity index (χ1) is 9.71. The van der Waals surface area contributed by atoms with E-state index in [0.717, 1.165) is 18.2 Å². The molecule has 21 heavy (non-hydrogen) atoms. The predicted molar refractivity (Wildman–Crippen MR) is 68.8 cm³/mol. The third-order valence-corrected chi connectivity index (χ3v) is 3.14. The van der Waals surface area contributed by atoms with E-state index < -0.39 is 29.1 Å². The summed E-state index contributed by atoms with van der Waals surface area (Å²) >= 11 is 5.83. The molecule has 0 aliphatic carbocycles. The van der Waals surface area contributed by atoms with Gasteiger partial charge in [0, 0.05) is 16.1 Å². The molecule has 0 amide bonds. The minimum absolute atomic E-state index is 0.0433. The first kappa shape index (κ1) is 15.3. The zero-order valence-corrected chi connectivity index (χ0v) is 11.0. The largest absolute Gasteiger partial charge is 0.478 e. The van der Waals surface area contributed by atoms with Gasteiger partial charge in [0.15, 0.2) is 0 Å². The molecule has 2 aromatic carbocycles. The number of hydrogen-bond acceptors (Lipinski definition) is 1. The maximum absolute atomic E-state index is 14.0. The van der Waals surface area contributed by atoms with Crippen molar-refractivity contribution in [3.8, 4) is 11.1 Å². The van der Waals surface area contributed by atoms with Gasteiger partial charge in [-0.2, -0.15) is 13.2 Å². The van der Waals surface area contributed by atoms with Gasteiger partial charge < -0.3 is 5.11 Å². The quantitative estimate of drug-likeness (QED) is 0.803. The van der Waals surface area contributed by atoms with E-state index in [2.05, 4.69) is 0 Å². The van der Waals surface area contributed by atoms with E-state index in [0.29, 0.717) is 6.07 Å². The fourth-order valence-electron chi connectivity index (χ4n) is 1.82. The Morgan fingerprint density at radius 1 is 1.10 bits per heavy atom. The minimum Gasteiger partial charge on any atom is -0.478 e. The molecule has 1 N–H and O–H groups in total. The molecule has 0 aliphatic rings. The van der Waals surface area contributed by atoms with Gasteiger partial charge in [-0.05, 0) is 24.3 Å². The fourth-order valence-corrected chi connectivity index (χ4v) is 2.04. The molecule has 2 rings (SSSR count). The van der Waals surface area contributed by atoms with Gasteiger partial charge in [-0.25, -0.2) is 9.18 Å². The number of benzene rings is 2. The number of rotatable bonds is 2. The van der Waals surface area contributed by atoms with Crippen molar-refractivity contribution in [3.05, 3.63) is 58.4 Å². The van der Waals surface area contributed by atoms with Gasteiger partial charge in [0.05, 0.1) is 11.1 Å². The molecule has 0 heterocycles. The molecule has 0 atom stereocenters. The van der Waals surface area contributed by atoms with Crippen molar-refractivity contribution in [1.29, 1.82) is 0 Å². The molecule has 0 aliphatic heterocycles. The Morgan fingerprint density at radius 3 is 2.33 bits per heavy atom. The summed E-state index contributed by atoms with van der Waals surface area (Å²) in [6, 6.07) is 6.15. The molecule has 0 spiro atoms. The highest BCUT2D eigenvalue weighted by molar-refractivity contribution is 6.33. The number of carboxylic acid groups (broad SMARTS) is 1. The van der Waals surface area contributed by atoms with Crippen LogP contribution < -0.4 is 0 Å². The Hall–Kier alpha value is -2.08. The van der Waals surface area contributed by atoms with Crippen molar-refractivity contribution in [3.63, 3.8) is 0 Å². The maximum Gasteiger partial charge on any atom is 0.419 e. The van der Waals surface area contributed by atoms with E-state index in [1.54, 1.807) is 0 Å². The average molecular weight is 319 g/mol. The predicted octanol–water partition coefficient (Wildman–Crippen LogP) is 4.86. The topological polar surface area (TPSA) is 37.3 Å². The van der Waals surface area contributed by atoms with Gasteiger partial charge >= 0.3 is 12.1 Å². The smallest absolute Gasteiger partial charge is 0.419 e. The van der Waals surface area contributed by atoms with Gasteiger partial charge in [0.1, 0.15) is 5.82 Å². The van der Waals surface area contributed by atoms with Gasteiger partial charge in [0.2, 0.25) is 0 Å². The summed E-state index contributed by atoms with van der Waals surface area (Å²) in [6.45, 7) is 0. The molecule has 0 unspecified atom stereocenters. The molecule has 0 saturated carbocycles. The highest BCUT2D eigenvalue weighted by Crippen LogP contribution is 2.37. The summed E-state index contributed by atoms with van der Waals surface area (Å²) in [5.74, 6) is -2.78. The fraction of sp³-hybridized carbons (Fsp3) is 0.0714. The normalized spacial score (nSPS) is 11.5. The second-order valence-corrected chi connectivity index (χ2v) is 4.57. The van der Waals surface area contributed by atoms with Gasteiger partial charge in [0.25, 0.3) is 0 Å². The number of carbonyl (C=O) groups is 1. The molecule has 7 heteroatoms. The zero-order valence-electron chi connectivity index (χ0n) is 10.2. The molecule has 0 bridgehead atoms. The number of aromatic carboxylic acids is 1. The highest BCUT2D eigenvalue weighted by atomic mass is 35.5. The standard InChI is InChI=1S/C14H7ClF4O2/c15-11-5-4-7(13(20)21)6-9(11)8-2-1-3-10(12(8)16)14(17,18)19/h1-6H,(H,20,21). The summed E-state index contributed by atoms with van der Waals surface area (Å²) < 4.78 is 52.1. The van der Waals surface area contributed by atoms with Crippen LogP contribution in [0.3, 0.4) is 0 Å². The van der Waals surface area contributed by atoms with Crippen molar-refractivity contribution in [1.82, 2.24) is 0 Å². The van der Waals surface area contributed by atoms with Gasteiger partial charge in [-0.3, -0.25) is 0 Å². The van der Waals surface area contributed by atoms with Crippen LogP contribution in [0.1, 0.15) is 15.9 Å². The second-order valence-electron chi connectivity index (χ2n) is 4.16. The lowest BCUT2D eigenvalue weighted by molar-refractivity contribution is -0.139. The number of alkyl halides is 3. The van der Waals surface area contributed by atoms with E-state index in [1.165, 1.54) is 12.1 Å². The van der Waals surface area contributed by atoms with Crippen molar-refractivity contribution in [2.75, 3.05) is 0 Å². The zero-order chi connectivity index (χ0) is 15.8. The van der Waals surface area contributed by atoms with Crippen LogP contribution in [0.25, 0.3) is 11.1 Å². The number of halogens is 5. The second kappa shape index (κ2) is 5.37. The summed E-state index contributed by atoms with van der Waals surface area (Å²) in [6.07, 6.45) is -4.85. The first-order valence-corrected chi connectivity index (χ1v) is 5.98. The molecular formula is C14H7ClF4O2.